The molecule has 18 heavy (non-hydrogen) atoms. The Labute approximate surface area is 108 Å². The van der Waals surface area contributed by atoms with E-state index in [0.717, 1.165) is 0 Å². The molecule has 1 aromatic rings. The highest BCUT2D eigenvalue weighted by atomic mass is 19.1. The predicted octanol–water partition coefficient (Wildman–Crippen LogP) is 2.46. The quantitative estimate of drug-likeness (QED) is 0.729. The van der Waals surface area contributed by atoms with E-state index < -0.39 is 0 Å². The first-order valence-corrected chi connectivity index (χ1v) is 6.13. The van der Waals surface area contributed by atoms with Crippen LogP contribution >= 0.6 is 0 Å². The van der Waals surface area contributed by atoms with Gasteiger partial charge in [-0.25, -0.2) is 4.39 Å². The molecule has 0 heterocycles. The van der Waals surface area contributed by atoms with Crippen LogP contribution in [0.3, 0.4) is 0 Å². The lowest BCUT2D eigenvalue weighted by molar-refractivity contribution is -0.147. The van der Waals surface area contributed by atoms with Crippen molar-refractivity contribution in [2.75, 3.05) is 20.2 Å². The molecule has 0 spiro atoms. The molecule has 0 saturated heterocycles. The van der Waals surface area contributed by atoms with E-state index in [0.29, 0.717) is 25.3 Å². The Morgan fingerprint density at radius 3 is 2.72 bits per heavy atom. The van der Waals surface area contributed by atoms with Gasteiger partial charge in [0.05, 0.1) is 12.5 Å². The molecule has 0 aromatic heterocycles. The molecule has 0 aliphatic carbocycles. The lowest BCUT2D eigenvalue weighted by atomic mass is 10.1. The van der Waals surface area contributed by atoms with Gasteiger partial charge >= 0.3 is 5.97 Å². The fourth-order valence-electron chi connectivity index (χ4n) is 1.81. The van der Waals surface area contributed by atoms with Crippen LogP contribution in [0.15, 0.2) is 24.3 Å². The summed E-state index contributed by atoms with van der Waals surface area (Å²) in [6, 6.07) is 6.67. The van der Waals surface area contributed by atoms with Crippen LogP contribution in [0, 0.1) is 11.7 Å². The van der Waals surface area contributed by atoms with E-state index in [-0.39, 0.29) is 17.7 Å². The highest BCUT2D eigenvalue weighted by Crippen LogP contribution is 2.10. The summed E-state index contributed by atoms with van der Waals surface area (Å²) in [6.45, 7) is 5.02. The highest BCUT2D eigenvalue weighted by Gasteiger charge is 2.16. The molecule has 4 heteroatoms. The molecule has 0 amide bonds. The summed E-state index contributed by atoms with van der Waals surface area (Å²) < 4.78 is 18.4. The lowest BCUT2D eigenvalue weighted by Crippen LogP contribution is -2.29. The topological polar surface area (TPSA) is 29.5 Å². The van der Waals surface area contributed by atoms with Crippen molar-refractivity contribution in [1.82, 2.24) is 4.90 Å². The molecule has 0 bridgehead atoms. The van der Waals surface area contributed by atoms with Crippen LogP contribution in [-0.2, 0) is 16.1 Å². The summed E-state index contributed by atoms with van der Waals surface area (Å²) in [5.41, 5.74) is 0.635. The number of hydrogen-bond donors (Lipinski definition) is 0. The third-order valence-corrected chi connectivity index (χ3v) is 2.67. The van der Waals surface area contributed by atoms with Gasteiger partial charge in [0.1, 0.15) is 5.82 Å². The zero-order valence-corrected chi connectivity index (χ0v) is 11.1. The van der Waals surface area contributed by atoms with Crippen molar-refractivity contribution in [3.8, 4) is 0 Å². The van der Waals surface area contributed by atoms with Gasteiger partial charge in [-0.05, 0) is 20.0 Å². The van der Waals surface area contributed by atoms with Crippen molar-refractivity contribution >= 4 is 5.97 Å². The number of nitrogens with zero attached hydrogens (tertiary/aromatic N) is 1. The maximum absolute atomic E-state index is 13.4. The summed E-state index contributed by atoms with van der Waals surface area (Å²) in [6.07, 6.45) is 0. The first kappa shape index (κ1) is 14.6. The third kappa shape index (κ3) is 4.45. The second kappa shape index (κ2) is 7.11. The fourth-order valence-corrected chi connectivity index (χ4v) is 1.81. The Hall–Kier alpha value is -1.42. The Morgan fingerprint density at radius 1 is 1.44 bits per heavy atom. The Morgan fingerprint density at radius 2 is 2.11 bits per heavy atom. The van der Waals surface area contributed by atoms with Crippen LogP contribution in [-0.4, -0.2) is 31.1 Å². The maximum atomic E-state index is 13.4. The fraction of sp³-hybridized carbons (Fsp3) is 0.500. The minimum atomic E-state index is -0.215. The number of carbonyl (C=O) groups excluding carboxylic acids is 1. The molecule has 0 fully saturated rings. The average Bonchev–Trinajstić information content (AvgIpc) is 2.32. The summed E-state index contributed by atoms with van der Waals surface area (Å²) in [5.74, 6) is -0.632. The van der Waals surface area contributed by atoms with E-state index in [2.05, 4.69) is 0 Å². The number of esters is 1. The van der Waals surface area contributed by atoms with Crippen LogP contribution in [0.1, 0.15) is 19.4 Å². The van der Waals surface area contributed by atoms with E-state index >= 15 is 0 Å². The zero-order valence-electron chi connectivity index (χ0n) is 11.1. The van der Waals surface area contributed by atoms with E-state index in [1.807, 2.05) is 18.9 Å². The molecule has 0 radical (unpaired) electrons. The van der Waals surface area contributed by atoms with Crippen molar-refractivity contribution in [2.45, 2.75) is 20.4 Å². The van der Waals surface area contributed by atoms with Crippen LogP contribution in [0.5, 0.6) is 0 Å². The summed E-state index contributed by atoms with van der Waals surface area (Å²) >= 11 is 0. The Kier molecular flexibility index (Phi) is 5.78. The first-order valence-electron chi connectivity index (χ1n) is 6.13. The van der Waals surface area contributed by atoms with Gasteiger partial charge < -0.3 is 9.64 Å². The first-order chi connectivity index (χ1) is 8.54. The minimum Gasteiger partial charge on any atom is -0.466 e. The zero-order chi connectivity index (χ0) is 13.5. The Balaban J connectivity index is 2.49. The van der Waals surface area contributed by atoms with E-state index in [4.69, 9.17) is 4.74 Å². The van der Waals surface area contributed by atoms with Gasteiger partial charge in [0.15, 0.2) is 0 Å². The number of ether oxygens (including phenoxy) is 1. The van der Waals surface area contributed by atoms with Crippen molar-refractivity contribution in [3.05, 3.63) is 35.6 Å². The molecule has 0 aliphatic heterocycles. The molecular weight excluding hydrogens is 233 g/mol. The number of benzene rings is 1. The number of halogens is 1. The molecule has 0 N–H and O–H groups in total. The van der Waals surface area contributed by atoms with Crippen LogP contribution in [0.2, 0.25) is 0 Å². The van der Waals surface area contributed by atoms with Crippen molar-refractivity contribution in [1.29, 1.82) is 0 Å². The van der Waals surface area contributed by atoms with Crippen LogP contribution in [0.25, 0.3) is 0 Å². The van der Waals surface area contributed by atoms with Crippen LogP contribution in [0.4, 0.5) is 4.39 Å². The lowest BCUT2D eigenvalue weighted by Gasteiger charge is -2.20. The number of hydrogen-bond acceptors (Lipinski definition) is 3. The Bertz CT molecular complexity index is 395. The molecule has 1 aromatic carbocycles. The molecule has 0 aliphatic rings. The maximum Gasteiger partial charge on any atom is 0.309 e. The van der Waals surface area contributed by atoms with E-state index in [9.17, 15) is 9.18 Å². The monoisotopic (exact) mass is 253 g/mol. The molecule has 100 valence electrons. The number of carbonyl (C=O) groups is 1. The molecule has 1 unspecified atom stereocenters. The van der Waals surface area contributed by atoms with Gasteiger partial charge in [-0.1, -0.05) is 25.1 Å². The minimum absolute atomic E-state index is 0.207. The van der Waals surface area contributed by atoms with Crippen molar-refractivity contribution in [2.24, 2.45) is 5.92 Å². The van der Waals surface area contributed by atoms with Crippen molar-refractivity contribution in [3.63, 3.8) is 0 Å². The summed E-state index contributed by atoms with van der Waals surface area (Å²) in [4.78, 5) is 13.4. The SMILES string of the molecule is CCOC(=O)C(C)CN(C)Cc1ccccc1F. The second-order valence-electron chi connectivity index (χ2n) is 4.44. The van der Waals surface area contributed by atoms with Gasteiger partial charge in [0.2, 0.25) is 0 Å². The smallest absolute Gasteiger partial charge is 0.309 e. The van der Waals surface area contributed by atoms with Gasteiger partial charge in [-0.2, -0.15) is 0 Å². The van der Waals surface area contributed by atoms with Crippen molar-refractivity contribution < 1.29 is 13.9 Å². The molecule has 0 saturated carbocycles. The highest BCUT2D eigenvalue weighted by molar-refractivity contribution is 5.72. The van der Waals surface area contributed by atoms with Gasteiger partial charge in [-0.15, -0.1) is 0 Å². The summed E-state index contributed by atoms with van der Waals surface area (Å²) in [7, 11) is 1.86. The standard InChI is InChI=1S/C14H20FNO2/c1-4-18-14(17)11(2)9-16(3)10-12-7-5-6-8-13(12)15/h5-8,11H,4,9-10H2,1-3H3. The van der Waals surface area contributed by atoms with Gasteiger partial charge in [0.25, 0.3) is 0 Å². The van der Waals surface area contributed by atoms with E-state index in [1.54, 1.807) is 25.1 Å². The summed E-state index contributed by atoms with van der Waals surface area (Å²) in [5, 5.41) is 0. The molecule has 1 rings (SSSR count). The largest absolute Gasteiger partial charge is 0.466 e. The van der Waals surface area contributed by atoms with Gasteiger partial charge in [-0.3, -0.25) is 4.79 Å². The number of rotatable bonds is 6. The molecule has 1 atom stereocenters. The van der Waals surface area contributed by atoms with E-state index in [1.165, 1.54) is 6.07 Å². The average molecular weight is 253 g/mol. The molecule has 3 nitrogen and oxygen atoms in total. The van der Waals surface area contributed by atoms with Crippen LogP contribution < -0.4 is 0 Å². The predicted molar refractivity (Wildman–Crippen MR) is 68.5 cm³/mol. The van der Waals surface area contributed by atoms with Gasteiger partial charge in [0, 0.05) is 18.7 Å². The second-order valence-corrected chi connectivity index (χ2v) is 4.44. The molecular formula is C14H20FNO2. The normalized spacial score (nSPS) is 12.5. The third-order valence-electron chi connectivity index (χ3n) is 2.67.